The van der Waals surface area contributed by atoms with Crippen LogP contribution in [0.5, 0.6) is 5.75 Å². The van der Waals surface area contributed by atoms with Crippen molar-refractivity contribution in [2.45, 2.75) is 49.9 Å². The van der Waals surface area contributed by atoms with E-state index < -0.39 is 17.8 Å². The molecule has 1 amide bonds. The number of hydrogen-bond donors (Lipinski definition) is 2. The summed E-state index contributed by atoms with van der Waals surface area (Å²) >= 11 is 0. The quantitative estimate of drug-likeness (QED) is 0.763. The summed E-state index contributed by atoms with van der Waals surface area (Å²) in [5.41, 5.74) is 1.79. The summed E-state index contributed by atoms with van der Waals surface area (Å²) in [6.07, 6.45) is 2.08. The average molecular weight is 441 g/mol. The number of β-amino-alcohol motifs (C(OH)–C–C–N with tert-alkyl or cyclic N) is 1. The number of piperidine rings is 1. The maximum Gasteiger partial charge on any atom is 0.227 e. The van der Waals surface area contributed by atoms with Gasteiger partial charge in [0, 0.05) is 50.3 Å². The van der Waals surface area contributed by atoms with Crippen LogP contribution < -0.4 is 9.64 Å². The summed E-state index contributed by atoms with van der Waals surface area (Å²) in [4.78, 5) is 15.9. The summed E-state index contributed by atoms with van der Waals surface area (Å²) < 4.78 is 19.8. The third-order valence-corrected chi connectivity index (χ3v) is 7.08. The predicted molar refractivity (Wildman–Crippen MR) is 118 cm³/mol. The Morgan fingerprint density at radius 1 is 1.12 bits per heavy atom. The van der Waals surface area contributed by atoms with Crippen molar-refractivity contribution < 1.29 is 24.1 Å². The summed E-state index contributed by atoms with van der Waals surface area (Å²) in [5.74, 6) is 0.352. The molecule has 2 fully saturated rings. The molecule has 0 saturated carbocycles. The predicted octanol–water partition coefficient (Wildman–Crippen LogP) is 3.34. The molecule has 2 N–H and O–H groups in total. The van der Waals surface area contributed by atoms with E-state index in [2.05, 4.69) is 4.90 Å². The van der Waals surface area contributed by atoms with E-state index in [9.17, 15) is 19.4 Å². The Morgan fingerprint density at radius 2 is 1.88 bits per heavy atom. The molecule has 2 aromatic carbocycles. The van der Waals surface area contributed by atoms with E-state index in [0.29, 0.717) is 30.7 Å². The highest BCUT2D eigenvalue weighted by molar-refractivity contribution is 5.95. The molecule has 1 spiro atoms. The molecular formula is C25H29FN2O4. The van der Waals surface area contributed by atoms with Crippen LogP contribution in [0.4, 0.5) is 10.1 Å². The van der Waals surface area contributed by atoms with Crippen LogP contribution in [0.25, 0.3) is 0 Å². The summed E-state index contributed by atoms with van der Waals surface area (Å²) in [6, 6.07) is 11.9. The fraction of sp³-hybridized carbons (Fsp3) is 0.480. The molecule has 0 radical (unpaired) electrons. The van der Waals surface area contributed by atoms with Gasteiger partial charge in [-0.2, -0.15) is 0 Å². The van der Waals surface area contributed by atoms with Gasteiger partial charge >= 0.3 is 0 Å². The van der Waals surface area contributed by atoms with Crippen molar-refractivity contribution in [1.29, 1.82) is 0 Å². The molecule has 0 aliphatic carbocycles. The summed E-state index contributed by atoms with van der Waals surface area (Å²) in [6.45, 7) is 2.77. The molecule has 2 aromatic rings. The highest BCUT2D eigenvalue weighted by atomic mass is 19.1. The number of hydrogen-bond acceptors (Lipinski definition) is 5. The Morgan fingerprint density at radius 3 is 2.56 bits per heavy atom. The van der Waals surface area contributed by atoms with Crippen molar-refractivity contribution >= 4 is 11.6 Å². The van der Waals surface area contributed by atoms with Gasteiger partial charge in [-0.15, -0.1) is 0 Å². The third-order valence-electron chi connectivity index (χ3n) is 7.08. The van der Waals surface area contributed by atoms with E-state index in [1.807, 2.05) is 24.3 Å². The molecule has 32 heavy (non-hydrogen) atoms. The number of aliphatic hydroxyl groups excluding tert-OH is 2. The number of nitrogens with zero attached hydrogens (tertiary/aromatic N) is 2. The smallest absolute Gasteiger partial charge is 0.227 e. The molecule has 6 nitrogen and oxygen atoms in total. The van der Waals surface area contributed by atoms with Crippen molar-refractivity contribution in [1.82, 2.24) is 4.90 Å². The van der Waals surface area contributed by atoms with E-state index in [-0.39, 0.29) is 11.7 Å². The maximum absolute atomic E-state index is 13.5. The lowest BCUT2D eigenvalue weighted by Gasteiger charge is -2.46. The van der Waals surface area contributed by atoms with E-state index in [1.165, 1.54) is 12.1 Å². The van der Waals surface area contributed by atoms with E-state index in [1.54, 1.807) is 11.0 Å². The largest absolute Gasteiger partial charge is 0.487 e. The maximum atomic E-state index is 13.5. The van der Waals surface area contributed by atoms with Crippen molar-refractivity contribution in [3.63, 3.8) is 0 Å². The zero-order chi connectivity index (χ0) is 22.3. The summed E-state index contributed by atoms with van der Waals surface area (Å²) in [7, 11) is 0. The van der Waals surface area contributed by atoms with Gasteiger partial charge in [0.15, 0.2) is 0 Å². The van der Waals surface area contributed by atoms with Crippen LogP contribution in [-0.4, -0.2) is 52.8 Å². The lowest BCUT2D eigenvalue weighted by molar-refractivity contribution is -0.117. The number of halogens is 1. The average Bonchev–Trinajstić information content (AvgIpc) is 3.22. The van der Waals surface area contributed by atoms with Crippen LogP contribution in [0.1, 0.15) is 55.4 Å². The first-order chi connectivity index (χ1) is 15.4. The summed E-state index contributed by atoms with van der Waals surface area (Å²) in [5, 5.41) is 21.3. The Balaban J connectivity index is 1.18. The van der Waals surface area contributed by atoms with Crippen LogP contribution in [0.3, 0.4) is 0 Å². The first-order valence-electron chi connectivity index (χ1n) is 11.4. The van der Waals surface area contributed by atoms with E-state index >= 15 is 0 Å². The zero-order valence-corrected chi connectivity index (χ0v) is 18.0. The second kappa shape index (κ2) is 8.46. The lowest BCUT2D eigenvalue weighted by atomic mass is 9.81. The van der Waals surface area contributed by atoms with Crippen LogP contribution in [-0.2, 0) is 4.79 Å². The molecule has 5 rings (SSSR count). The molecule has 0 unspecified atom stereocenters. The van der Waals surface area contributed by atoms with Crippen LogP contribution in [0, 0.1) is 5.82 Å². The number of ether oxygens (including phenoxy) is 1. The standard InChI is InChI=1S/C25H29FN2O4/c26-18-5-8-23-20(14-18)21(29)15-25(32-23)9-12-27(13-10-25)16-22(30)17-3-6-19(7-4-17)28-11-1-2-24(28)31/h3-8,14,21-22,29-30H,1-2,9-13,15-16H2/t21-,22+/m1/s1. The van der Waals surface area contributed by atoms with Gasteiger partial charge in [-0.3, -0.25) is 4.79 Å². The van der Waals surface area contributed by atoms with Gasteiger partial charge < -0.3 is 24.7 Å². The fourth-order valence-electron chi connectivity index (χ4n) is 5.21. The monoisotopic (exact) mass is 440 g/mol. The fourth-order valence-corrected chi connectivity index (χ4v) is 5.21. The number of benzene rings is 2. The normalized spacial score (nSPS) is 23.8. The number of likely N-dealkylation sites (tertiary alicyclic amines) is 1. The first kappa shape index (κ1) is 21.4. The van der Waals surface area contributed by atoms with Gasteiger partial charge in [0.2, 0.25) is 5.91 Å². The van der Waals surface area contributed by atoms with E-state index in [0.717, 1.165) is 50.1 Å². The van der Waals surface area contributed by atoms with Crippen molar-refractivity contribution in [2.24, 2.45) is 0 Å². The molecular weight excluding hydrogens is 411 g/mol. The molecule has 3 aliphatic heterocycles. The van der Waals surface area contributed by atoms with Gasteiger partial charge in [-0.25, -0.2) is 4.39 Å². The number of carbonyl (C=O) groups is 1. The van der Waals surface area contributed by atoms with Gasteiger partial charge in [0.05, 0.1) is 12.2 Å². The van der Waals surface area contributed by atoms with Gasteiger partial charge in [0.25, 0.3) is 0 Å². The Kier molecular flexibility index (Phi) is 5.65. The van der Waals surface area contributed by atoms with E-state index in [4.69, 9.17) is 4.74 Å². The molecule has 2 saturated heterocycles. The van der Waals surface area contributed by atoms with Crippen LogP contribution in [0.2, 0.25) is 0 Å². The topological polar surface area (TPSA) is 73.2 Å². The zero-order valence-electron chi connectivity index (χ0n) is 18.0. The second-order valence-electron chi connectivity index (χ2n) is 9.24. The Labute approximate surface area is 187 Å². The molecule has 0 bridgehead atoms. The van der Waals surface area contributed by atoms with Gasteiger partial charge in [0.1, 0.15) is 17.2 Å². The molecule has 3 aliphatic rings. The number of carbonyl (C=O) groups excluding carboxylic acids is 1. The van der Waals surface area contributed by atoms with Crippen LogP contribution >= 0.6 is 0 Å². The van der Waals surface area contributed by atoms with Crippen molar-refractivity contribution in [3.8, 4) is 5.75 Å². The Hall–Kier alpha value is -2.48. The second-order valence-corrected chi connectivity index (χ2v) is 9.24. The highest BCUT2D eigenvalue weighted by Crippen LogP contribution is 2.44. The minimum absolute atomic E-state index is 0.156. The van der Waals surface area contributed by atoms with Crippen molar-refractivity contribution in [2.75, 3.05) is 31.1 Å². The molecule has 170 valence electrons. The first-order valence-corrected chi connectivity index (χ1v) is 11.4. The number of aliphatic hydroxyl groups is 2. The number of rotatable bonds is 4. The number of amides is 1. The van der Waals surface area contributed by atoms with Crippen molar-refractivity contribution in [3.05, 3.63) is 59.4 Å². The molecule has 3 heterocycles. The minimum atomic E-state index is -0.729. The highest BCUT2D eigenvalue weighted by Gasteiger charge is 2.43. The Bertz CT molecular complexity index is 988. The molecule has 0 aromatic heterocycles. The van der Waals surface area contributed by atoms with Gasteiger partial charge in [-0.1, -0.05) is 12.1 Å². The lowest BCUT2D eigenvalue weighted by Crippen LogP contribution is -2.51. The molecule has 2 atom stereocenters. The minimum Gasteiger partial charge on any atom is -0.487 e. The van der Waals surface area contributed by atoms with Gasteiger partial charge in [-0.05, 0) is 55.2 Å². The number of fused-ring (bicyclic) bond motifs is 1. The number of anilines is 1. The SMILES string of the molecule is O=C1CCCN1c1ccc([C@@H](O)CN2CCC3(CC2)C[C@@H](O)c2cc(F)ccc2O3)cc1. The third kappa shape index (κ3) is 4.12. The van der Waals surface area contributed by atoms with Crippen LogP contribution in [0.15, 0.2) is 42.5 Å². The molecule has 7 heteroatoms.